The fraction of sp³-hybridized carbons (Fsp3) is 1.00. The van der Waals surface area contributed by atoms with Gasteiger partial charge in [-0.25, -0.2) is 0 Å². The Labute approximate surface area is 65.7 Å². The van der Waals surface area contributed by atoms with E-state index in [1.807, 2.05) is 6.92 Å². The van der Waals surface area contributed by atoms with Crippen LogP contribution in [0.2, 0.25) is 0 Å². The predicted molar refractivity (Wildman–Crippen MR) is 38.8 cm³/mol. The monoisotopic (exact) mass is 158 g/mol. The molecule has 2 saturated carbocycles. The summed E-state index contributed by atoms with van der Waals surface area (Å²) >= 11 is 0. The zero-order valence-electron chi connectivity index (χ0n) is 6.57. The van der Waals surface area contributed by atoms with E-state index >= 15 is 0 Å². The van der Waals surface area contributed by atoms with Crippen molar-refractivity contribution in [2.75, 3.05) is 6.61 Å². The van der Waals surface area contributed by atoms with Crippen molar-refractivity contribution < 1.29 is 15.3 Å². The van der Waals surface area contributed by atoms with E-state index < -0.39 is 12.2 Å². The Hall–Kier alpha value is -0.120. The Kier molecular flexibility index (Phi) is 1.35. The van der Waals surface area contributed by atoms with Gasteiger partial charge in [0.25, 0.3) is 0 Å². The van der Waals surface area contributed by atoms with Gasteiger partial charge < -0.3 is 15.3 Å². The molecule has 3 nitrogen and oxygen atoms in total. The van der Waals surface area contributed by atoms with Gasteiger partial charge in [-0.05, 0) is 18.3 Å². The molecule has 3 N–H and O–H groups in total. The lowest BCUT2D eigenvalue weighted by atomic mass is 9.99. The highest BCUT2D eigenvalue weighted by atomic mass is 16.3. The largest absolute Gasteiger partial charge is 0.396 e. The molecule has 11 heavy (non-hydrogen) atoms. The van der Waals surface area contributed by atoms with Gasteiger partial charge in [0.05, 0.1) is 18.8 Å². The first-order chi connectivity index (χ1) is 5.13. The SMILES string of the molecule is C[C@H]1[C@H](O)[C@H](O)C2(CO)C[C@H]12. The zero-order chi connectivity index (χ0) is 8.22. The average Bonchev–Trinajstić information content (AvgIpc) is 2.71. The lowest BCUT2D eigenvalue weighted by Crippen LogP contribution is -2.34. The van der Waals surface area contributed by atoms with Crippen molar-refractivity contribution in [2.45, 2.75) is 25.6 Å². The van der Waals surface area contributed by atoms with Gasteiger partial charge in [-0.3, -0.25) is 0 Å². The molecule has 0 heterocycles. The maximum Gasteiger partial charge on any atom is 0.0882 e. The minimum absolute atomic E-state index is 0.0141. The second-order valence-electron chi connectivity index (χ2n) is 4.00. The summed E-state index contributed by atoms with van der Waals surface area (Å²) in [6.07, 6.45) is -0.448. The van der Waals surface area contributed by atoms with Crippen molar-refractivity contribution in [1.82, 2.24) is 0 Å². The van der Waals surface area contributed by atoms with Crippen molar-refractivity contribution in [3.8, 4) is 0 Å². The van der Waals surface area contributed by atoms with Crippen LogP contribution in [0, 0.1) is 17.3 Å². The molecule has 3 heteroatoms. The third-order valence-corrected chi connectivity index (χ3v) is 3.56. The molecule has 1 unspecified atom stereocenters. The van der Waals surface area contributed by atoms with Gasteiger partial charge >= 0.3 is 0 Å². The highest BCUT2D eigenvalue weighted by molar-refractivity contribution is 5.17. The van der Waals surface area contributed by atoms with Crippen molar-refractivity contribution >= 4 is 0 Å². The molecule has 0 spiro atoms. The molecule has 2 aliphatic carbocycles. The number of aliphatic hydroxyl groups excluding tert-OH is 3. The minimum atomic E-state index is -0.701. The van der Waals surface area contributed by atoms with Crippen LogP contribution in [-0.2, 0) is 0 Å². The van der Waals surface area contributed by atoms with Crippen LogP contribution >= 0.6 is 0 Å². The second kappa shape index (κ2) is 1.97. The van der Waals surface area contributed by atoms with Crippen molar-refractivity contribution in [3.05, 3.63) is 0 Å². The van der Waals surface area contributed by atoms with Crippen molar-refractivity contribution in [1.29, 1.82) is 0 Å². The highest BCUT2D eigenvalue weighted by Gasteiger charge is 2.69. The van der Waals surface area contributed by atoms with Crippen LogP contribution in [0.15, 0.2) is 0 Å². The lowest BCUT2D eigenvalue weighted by Gasteiger charge is -2.20. The zero-order valence-corrected chi connectivity index (χ0v) is 6.57. The van der Waals surface area contributed by atoms with Crippen molar-refractivity contribution in [2.24, 2.45) is 17.3 Å². The first kappa shape index (κ1) is 7.53. The summed E-state index contributed by atoms with van der Waals surface area (Å²) < 4.78 is 0. The van der Waals surface area contributed by atoms with Crippen LogP contribution in [0.1, 0.15) is 13.3 Å². The summed E-state index contributed by atoms with van der Waals surface area (Å²) in [6.45, 7) is 1.95. The highest BCUT2D eigenvalue weighted by Crippen LogP contribution is 2.65. The number of hydrogen-bond donors (Lipinski definition) is 3. The van der Waals surface area contributed by atoms with E-state index in [1.54, 1.807) is 0 Å². The summed E-state index contributed by atoms with van der Waals surface area (Å²) in [5, 5.41) is 27.9. The summed E-state index contributed by atoms with van der Waals surface area (Å²) in [7, 11) is 0. The van der Waals surface area contributed by atoms with Gasteiger partial charge in [0.2, 0.25) is 0 Å². The number of rotatable bonds is 1. The standard InChI is InChI=1S/C8H14O3/c1-4-5-2-8(5,3-9)7(11)6(4)10/h4-7,9-11H,2-3H2,1H3/t4-,5-,6+,7+,8?/m1/s1. The van der Waals surface area contributed by atoms with Gasteiger partial charge in [-0.1, -0.05) is 6.92 Å². The fourth-order valence-electron chi connectivity index (χ4n) is 2.54. The molecule has 0 amide bonds. The maximum atomic E-state index is 9.52. The summed E-state index contributed by atoms with van der Waals surface area (Å²) in [5.41, 5.74) is -0.334. The van der Waals surface area contributed by atoms with Gasteiger partial charge in [-0.2, -0.15) is 0 Å². The van der Waals surface area contributed by atoms with Gasteiger partial charge in [0, 0.05) is 5.41 Å². The Morgan fingerprint density at radius 1 is 1.45 bits per heavy atom. The molecular weight excluding hydrogens is 144 g/mol. The Morgan fingerprint density at radius 3 is 2.36 bits per heavy atom. The summed E-state index contributed by atoms with van der Waals surface area (Å²) in [4.78, 5) is 0. The normalized spacial score (nSPS) is 61.1. The molecule has 64 valence electrons. The van der Waals surface area contributed by atoms with E-state index in [-0.39, 0.29) is 17.9 Å². The number of fused-ring (bicyclic) bond motifs is 1. The Bertz CT molecular complexity index is 180. The summed E-state index contributed by atoms with van der Waals surface area (Å²) in [5.74, 6) is 0.495. The molecule has 0 aromatic rings. The molecule has 0 aromatic heterocycles. The molecule has 0 aromatic carbocycles. The van der Waals surface area contributed by atoms with E-state index in [1.165, 1.54) is 0 Å². The minimum Gasteiger partial charge on any atom is -0.396 e. The lowest BCUT2D eigenvalue weighted by molar-refractivity contribution is -0.0302. The van der Waals surface area contributed by atoms with E-state index in [0.717, 1.165) is 6.42 Å². The van der Waals surface area contributed by atoms with Crippen LogP contribution < -0.4 is 0 Å². The van der Waals surface area contributed by atoms with Crippen molar-refractivity contribution in [3.63, 3.8) is 0 Å². The smallest absolute Gasteiger partial charge is 0.0882 e. The molecule has 0 saturated heterocycles. The maximum absolute atomic E-state index is 9.52. The molecular formula is C8H14O3. The van der Waals surface area contributed by atoms with E-state index in [0.29, 0.717) is 5.92 Å². The van der Waals surface area contributed by atoms with E-state index in [4.69, 9.17) is 5.11 Å². The second-order valence-corrected chi connectivity index (χ2v) is 4.00. The van der Waals surface area contributed by atoms with Crippen LogP contribution in [0.4, 0.5) is 0 Å². The Morgan fingerprint density at radius 2 is 2.09 bits per heavy atom. The van der Waals surface area contributed by atoms with Crippen LogP contribution in [0.25, 0.3) is 0 Å². The first-order valence-electron chi connectivity index (χ1n) is 4.10. The molecule has 2 aliphatic rings. The van der Waals surface area contributed by atoms with Gasteiger partial charge in [0.1, 0.15) is 0 Å². The van der Waals surface area contributed by atoms with Gasteiger partial charge in [0.15, 0.2) is 0 Å². The number of aliphatic hydroxyl groups is 3. The molecule has 0 aliphatic heterocycles. The first-order valence-corrected chi connectivity index (χ1v) is 4.10. The molecule has 0 radical (unpaired) electrons. The molecule has 2 fully saturated rings. The predicted octanol–water partition coefficient (Wildman–Crippen LogP) is -0.644. The average molecular weight is 158 g/mol. The molecule has 0 bridgehead atoms. The Balaban J connectivity index is 2.21. The third-order valence-electron chi connectivity index (χ3n) is 3.56. The van der Waals surface area contributed by atoms with E-state index in [9.17, 15) is 10.2 Å². The fourth-order valence-corrected chi connectivity index (χ4v) is 2.54. The third kappa shape index (κ3) is 0.687. The summed E-state index contributed by atoms with van der Waals surface area (Å²) in [6, 6.07) is 0. The van der Waals surface area contributed by atoms with E-state index in [2.05, 4.69) is 0 Å². The van der Waals surface area contributed by atoms with Crippen LogP contribution in [0.3, 0.4) is 0 Å². The van der Waals surface area contributed by atoms with Crippen LogP contribution in [-0.4, -0.2) is 34.1 Å². The number of hydrogen-bond acceptors (Lipinski definition) is 3. The van der Waals surface area contributed by atoms with Crippen LogP contribution in [0.5, 0.6) is 0 Å². The molecule has 2 rings (SSSR count). The van der Waals surface area contributed by atoms with Gasteiger partial charge in [-0.15, -0.1) is 0 Å². The topological polar surface area (TPSA) is 60.7 Å². The quantitative estimate of drug-likeness (QED) is 0.475. The molecule has 5 atom stereocenters.